The van der Waals surface area contributed by atoms with Crippen LogP contribution in [0.5, 0.6) is 0 Å². The van der Waals surface area contributed by atoms with E-state index in [9.17, 15) is 26.8 Å². The van der Waals surface area contributed by atoms with Crippen LogP contribution in [0, 0.1) is 24.5 Å². The lowest BCUT2D eigenvalue weighted by atomic mass is 10.1. The van der Waals surface area contributed by atoms with Crippen LogP contribution in [0.3, 0.4) is 0 Å². The molecule has 172 valence electrons. The Hall–Kier alpha value is -2.85. The molecule has 0 spiro atoms. The number of halogens is 2. The summed E-state index contributed by atoms with van der Waals surface area (Å²) in [6, 6.07) is 7.47. The van der Waals surface area contributed by atoms with E-state index in [1.807, 2.05) is 0 Å². The highest BCUT2D eigenvalue weighted by Gasteiger charge is 2.36. The Morgan fingerprint density at radius 1 is 1.16 bits per heavy atom. The Morgan fingerprint density at radius 2 is 1.84 bits per heavy atom. The number of nitrogens with zero attached hydrogens (tertiary/aromatic N) is 2. The normalized spacial score (nSPS) is 16.6. The molecule has 0 aliphatic carbocycles. The van der Waals surface area contributed by atoms with E-state index in [0.29, 0.717) is 24.7 Å². The summed E-state index contributed by atoms with van der Waals surface area (Å²) in [5, 5.41) is 2.66. The fourth-order valence-electron chi connectivity index (χ4n) is 3.72. The number of carbonyl (C=O) groups excluding carboxylic acids is 2. The van der Waals surface area contributed by atoms with E-state index in [4.69, 9.17) is 0 Å². The van der Waals surface area contributed by atoms with Gasteiger partial charge in [-0.1, -0.05) is 19.9 Å². The molecule has 2 aromatic rings. The van der Waals surface area contributed by atoms with Crippen molar-refractivity contribution in [3.05, 3.63) is 53.6 Å². The van der Waals surface area contributed by atoms with Gasteiger partial charge in [0.25, 0.3) is 0 Å². The van der Waals surface area contributed by atoms with Crippen LogP contribution in [0.15, 0.2) is 41.3 Å². The Bertz CT molecular complexity index is 1150. The maximum Gasteiger partial charge on any atom is 0.243 e. The standard InChI is InChI=1S/C22H25F2N3O4S/c1-4-26(5-2)32(30,31)20-12-17(8-6-14(20)3)25-22(29)15-10-21(28)27(13-15)19-9-7-16(23)11-18(19)24/h6-9,11-12,15H,4-5,10,13H2,1-3H3,(H,25,29). The van der Waals surface area contributed by atoms with E-state index in [2.05, 4.69) is 5.32 Å². The summed E-state index contributed by atoms with van der Waals surface area (Å²) >= 11 is 0. The third kappa shape index (κ3) is 4.66. The first kappa shape index (κ1) is 23.8. The summed E-state index contributed by atoms with van der Waals surface area (Å²) in [7, 11) is -3.72. The lowest BCUT2D eigenvalue weighted by molar-refractivity contribution is -0.122. The largest absolute Gasteiger partial charge is 0.326 e. The van der Waals surface area contributed by atoms with Crippen molar-refractivity contribution in [3.8, 4) is 0 Å². The quantitative estimate of drug-likeness (QED) is 0.680. The van der Waals surface area contributed by atoms with E-state index in [1.54, 1.807) is 32.9 Å². The number of nitrogens with one attached hydrogen (secondary N) is 1. The summed E-state index contributed by atoms with van der Waals surface area (Å²) in [6.45, 7) is 5.73. The minimum atomic E-state index is -3.72. The first-order chi connectivity index (χ1) is 15.1. The van der Waals surface area contributed by atoms with E-state index < -0.39 is 39.4 Å². The van der Waals surface area contributed by atoms with Crippen LogP contribution in [0.2, 0.25) is 0 Å². The molecule has 1 unspecified atom stereocenters. The fourth-order valence-corrected chi connectivity index (χ4v) is 5.43. The minimum absolute atomic E-state index is 0.0658. The first-order valence-corrected chi connectivity index (χ1v) is 11.7. The van der Waals surface area contributed by atoms with Crippen molar-refractivity contribution >= 4 is 33.2 Å². The number of anilines is 2. The van der Waals surface area contributed by atoms with Gasteiger partial charge in [-0.3, -0.25) is 9.59 Å². The van der Waals surface area contributed by atoms with Gasteiger partial charge in [0.2, 0.25) is 21.8 Å². The number of rotatable bonds is 7. The molecule has 2 amide bonds. The molecule has 1 N–H and O–H groups in total. The van der Waals surface area contributed by atoms with Crippen LogP contribution in [0.4, 0.5) is 20.2 Å². The molecule has 1 saturated heterocycles. The van der Waals surface area contributed by atoms with E-state index in [1.165, 1.54) is 10.4 Å². The summed E-state index contributed by atoms with van der Waals surface area (Å²) in [4.78, 5) is 26.3. The first-order valence-electron chi connectivity index (χ1n) is 10.3. The van der Waals surface area contributed by atoms with Crippen molar-refractivity contribution in [1.29, 1.82) is 0 Å². The zero-order chi connectivity index (χ0) is 23.6. The summed E-state index contributed by atoms with van der Waals surface area (Å²) in [5.74, 6) is -3.36. The zero-order valence-electron chi connectivity index (χ0n) is 18.1. The molecule has 0 aromatic heterocycles. The molecule has 1 fully saturated rings. The Labute approximate surface area is 186 Å². The highest BCUT2D eigenvalue weighted by Crippen LogP contribution is 2.29. The molecule has 1 atom stereocenters. The second-order valence-corrected chi connectivity index (χ2v) is 9.47. The molecule has 0 saturated carbocycles. The molecule has 7 nitrogen and oxygen atoms in total. The van der Waals surface area contributed by atoms with Gasteiger partial charge in [-0.2, -0.15) is 4.31 Å². The second kappa shape index (κ2) is 9.33. The SMILES string of the molecule is CCN(CC)S(=O)(=O)c1cc(NC(=O)C2CC(=O)N(c3ccc(F)cc3F)C2)ccc1C. The van der Waals surface area contributed by atoms with Crippen molar-refractivity contribution in [2.24, 2.45) is 5.92 Å². The van der Waals surface area contributed by atoms with Crippen LogP contribution in [0.25, 0.3) is 0 Å². The molecule has 10 heteroatoms. The average Bonchev–Trinajstić information content (AvgIpc) is 3.11. The molecule has 0 radical (unpaired) electrons. The van der Waals surface area contributed by atoms with Gasteiger partial charge in [0.1, 0.15) is 11.6 Å². The topological polar surface area (TPSA) is 86.8 Å². The third-order valence-electron chi connectivity index (χ3n) is 5.48. The Balaban J connectivity index is 1.79. The maximum absolute atomic E-state index is 14.1. The van der Waals surface area contributed by atoms with Crippen LogP contribution < -0.4 is 10.2 Å². The van der Waals surface area contributed by atoms with Gasteiger partial charge in [-0.25, -0.2) is 17.2 Å². The Kier molecular flexibility index (Phi) is 6.94. The number of carbonyl (C=O) groups is 2. The molecule has 1 heterocycles. The van der Waals surface area contributed by atoms with Gasteiger partial charge in [0.15, 0.2) is 0 Å². The average molecular weight is 466 g/mol. The smallest absolute Gasteiger partial charge is 0.243 e. The minimum Gasteiger partial charge on any atom is -0.326 e. The van der Waals surface area contributed by atoms with Crippen molar-refractivity contribution in [2.75, 3.05) is 29.9 Å². The maximum atomic E-state index is 14.1. The molecule has 32 heavy (non-hydrogen) atoms. The van der Waals surface area contributed by atoms with Gasteiger partial charge >= 0.3 is 0 Å². The highest BCUT2D eigenvalue weighted by molar-refractivity contribution is 7.89. The van der Waals surface area contributed by atoms with Crippen molar-refractivity contribution in [2.45, 2.75) is 32.1 Å². The van der Waals surface area contributed by atoms with Crippen LogP contribution in [-0.4, -0.2) is 44.2 Å². The molecule has 3 rings (SSSR count). The van der Waals surface area contributed by atoms with E-state index >= 15 is 0 Å². The summed E-state index contributed by atoms with van der Waals surface area (Å²) < 4.78 is 54.4. The van der Waals surface area contributed by atoms with Crippen molar-refractivity contribution in [1.82, 2.24) is 4.31 Å². The zero-order valence-corrected chi connectivity index (χ0v) is 18.9. The van der Waals surface area contributed by atoms with Gasteiger partial charge in [-0.05, 0) is 36.8 Å². The number of benzene rings is 2. The number of sulfonamides is 1. The number of hydrogen-bond acceptors (Lipinski definition) is 4. The van der Waals surface area contributed by atoms with Gasteiger partial charge < -0.3 is 10.2 Å². The van der Waals surface area contributed by atoms with Gasteiger partial charge in [0, 0.05) is 37.8 Å². The van der Waals surface area contributed by atoms with E-state index in [0.717, 1.165) is 17.0 Å². The van der Waals surface area contributed by atoms with Crippen molar-refractivity contribution in [3.63, 3.8) is 0 Å². The predicted octanol–water partition coefficient (Wildman–Crippen LogP) is 3.30. The number of hydrogen-bond donors (Lipinski definition) is 1. The lowest BCUT2D eigenvalue weighted by Gasteiger charge is -2.20. The van der Waals surface area contributed by atoms with Gasteiger partial charge in [0.05, 0.1) is 16.5 Å². The van der Waals surface area contributed by atoms with Crippen LogP contribution in [-0.2, 0) is 19.6 Å². The van der Waals surface area contributed by atoms with Gasteiger partial charge in [-0.15, -0.1) is 0 Å². The molecule has 0 bridgehead atoms. The molecule has 1 aliphatic heterocycles. The monoisotopic (exact) mass is 465 g/mol. The summed E-state index contributed by atoms with van der Waals surface area (Å²) in [6.07, 6.45) is -0.140. The van der Waals surface area contributed by atoms with Crippen LogP contribution in [0.1, 0.15) is 25.8 Å². The summed E-state index contributed by atoms with van der Waals surface area (Å²) in [5.41, 5.74) is 0.740. The molecule has 1 aliphatic rings. The second-order valence-electron chi connectivity index (χ2n) is 7.56. The fraction of sp³-hybridized carbons (Fsp3) is 0.364. The number of aryl methyl sites for hydroxylation is 1. The third-order valence-corrected chi connectivity index (χ3v) is 7.67. The molecular weight excluding hydrogens is 440 g/mol. The molecular formula is C22H25F2N3O4S. The van der Waals surface area contributed by atoms with E-state index in [-0.39, 0.29) is 29.2 Å². The highest BCUT2D eigenvalue weighted by atomic mass is 32.2. The number of amides is 2. The lowest BCUT2D eigenvalue weighted by Crippen LogP contribution is -2.31. The Morgan fingerprint density at radius 3 is 2.47 bits per heavy atom. The van der Waals surface area contributed by atoms with Crippen molar-refractivity contribution < 1.29 is 26.8 Å². The molecule has 2 aromatic carbocycles. The predicted molar refractivity (Wildman–Crippen MR) is 117 cm³/mol. The van der Waals surface area contributed by atoms with Crippen LogP contribution >= 0.6 is 0 Å².